The second kappa shape index (κ2) is 19.0. The summed E-state index contributed by atoms with van der Waals surface area (Å²) < 4.78 is 39.3. The van der Waals surface area contributed by atoms with Crippen molar-refractivity contribution in [3.63, 3.8) is 0 Å². The molecule has 0 bridgehead atoms. The third-order valence-corrected chi connectivity index (χ3v) is 19.6. The van der Waals surface area contributed by atoms with E-state index in [1.54, 1.807) is 33.8 Å². The van der Waals surface area contributed by atoms with Crippen molar-refractivity contribution in [2.24, 2.45) is 17.3 Å². The number of hydrogen-bond acceptors (Lipinski definition) is 10. The first kappa shape index (κ1) is 47.3. The van der Waals surface area contributed by atoms with Crippen molar-refractivity contribution in [1.82, 2.24) is 30.1 Å². The van der Waals surface area contributed by atoms with Gasteiger partial charge in [-0.1, -0.05) is 38.7 Å². The first-order chi connectivity index (χ1) is 29.9. The van der Waals surface area contributed by atoms with Gasteiger partial charge in [-0.25, -0.2) is 0 Å². The Morgan fingerprint density at radius 2 is 1.78 bits per heavy atom. The number of benzene rings is 1. The van der Waals surface area contributed by atoms with Crippen LogP contribution in [0.1, 0.15) is 111 Å². The van der Waals surface area contributed by atoms with Gasteiger partial charge < -0.3 is 4.90 Å². The predicted molar refractivity (Wildman–Crippen MR) is 235 cm³/mol. The summed E-state index contributed by atoms with van der Waals surface area (Å²) in [5, 5.41) is 16.0. The normalized spacial score (nSPS) is 25.3. The second-order valence-electron chi connectivity index (χ2n) is 19.5. The Morgan fingerprint density at radius 3 is 2.40 bits per heavy atom. The Balaban J connectivity index is 1.19. The molecule has 17 heteroatoms. The number of hydrogen-bond donors (Lipinski definition) is 4. The Bertz CT molecular complexity index is 2170. The van der Waals surface area contributed by atoms with Crippen molar-refractivity contribution >= 4 is 44.7 Å². The van der Waals surface area contributed by atoms with Gasteiger partial charge in [0, 0.05) is 0 Å². The molecule has 63 heavy (non-hydrogen) atoms. The van der Waals surface area contributed by atoms with Crippen molar-refractivity contribution in [2.45, 2.75) is 142 Å². The third-order valence-electron chi connectivity index (χ3n) is 13.6. The number of pyridine rings is 1. The molecular weight excluding hydrogens is 940 g/mol. The number of carbonyl (C=O) groups excluding carboxylic acids is 3. The van der Waals surface area contributed by atoms with Gasteiger partial charge in [0.05, 0.1) is 0 Å². The van der Waals surface area contributed by atoms with E-state index in [0.717, 1.165) is 74.4 Å². The standard InChI is InChI=1S/C46H66IN6O9S/c1-7-36-46(47-36,42(56)51-63(59,60)45(6)22-23-45)50-39(54)35-26-31(27-53(35)41(55)38(44(3,4)5)49-43(57)58)62-40-33(16-11-9-10-14-29-18-19-29)37(32-15-12-13-17-34(32)48-40)61-28-30-20-24-52(8-2)25-21-30/h7,12-13,15,17,29-31,35-36,38,49H,1,8-11,14,16,18-28H2,2-6H3,(H,50,54)(H,51,56)(H,57,58)/q-1/t31?,35-,36-,38+,46+/m0/s1. The molecule has 15 nitrogen and oxygen atoms in total. The van der Waals surface area contributed by atoms with Gasteiger partial charge in [0.15, 0.2) is 0 Å². The number of aromatic nitrogens is 1. The van der Waals surface area contributed by atoms with Crippen LogP contribution in [0.25, 0.3) is 10.9 Å². The zero-order valence-electron chi connectivity index (χ0n) is 37.4. The zero-order chi connectivity index (χ0) is 45.3. The Labute approximate surface area is 382 Å². The van der Waals surface area contributed by atoms with Gasteiger partial charge in [-0.15, -0.1) is 0 Å². The summed E-state index contributed by atoms with van der Waals surface area (Å²) in [7, 11) is -4.01. The number of nitrogens with one attached hydrogen (secondary N) is 3. The summed E-state index contributed by atoms with van der Waals surface area (Å²) in [6, 6.07) is 5.42. The van der Waals surface area contributed by atoms with Crippen molar-refractivity contribution in [3.05, 3.63) is 42.5 Å². The number of likely N-dealkylation sites (tertiary alicyclic amines) is 2. The molecule has 3 saturated heterocycles. The van der Waals surface area contributed by atoms with E-state index < -0.39 is 90.9 Å². The molecule has 348 valence electrons. The summed E-state index contributed by atoms with van der Waals surface area (Å²) in [6.07, 6.45) is 9.97. The van der Waals surface area contributed by atoms with Gasteiger partial charge in [-0.3, -0.25) is 0 Å². The van der Waals surface area contributed by atoms with Gasteiger partial charge in [-0.2, -0.15) is 0 Å². The number of carboxylic acid groups (broad SMARTS) is 1. The average Bonchev–Trinajstić information content (AvgIpc) is 4.19. The molecule has 2 aliphatic carbocycles. The molecule has 4 amide bonds. The molecule has 1 aromatic carbocycles. The van der Waals surface area contributed by atoms with Gasteiger partial charge in [0.2, 0.25) is 0 Å². The summed E-state index contributed by atoms with van der Waals surface area (Å²) in [6.45, 7) is 16.4. The number of sulfonamides is 1. The van der Waals surface area contributed by atoms with Crippen LogP contribution < -0.4 is 46.0 Å². The van der Waals surface area contributed by atoms with Crippen molar-refractivity contribution < 1.29 is 63.4 Å². The number of amides is 4. The van der Waals surface area contributed by atoms with Crippen LogP contribution in [0, 0.1) is 17.3 Å². The molecule has 7 rings (SSSR count). The van der Waals surface area contributed by atoms with Crippen LogP contribution in [0.5, 0.6) is 11.6 Å². The minimum atomic E-state index is -4.01. The number of alkyl halides is 2. The molecule has 4 heterocycles. The molecule has 1 aromatic heterocycles. The second-order valence-corrected chi connectivity index (χ2v) is 25.4. The van der Waals surface area contributed by atoms with Crippen LogP contribution in [0.3, 0.4) is 0 Å². The molecule has 5 aliphatic rings. The number of para-hydroxylation sites is 1. The SMILES string of the molecule is C=C[C@@H]1[I-][C@]1(NC(=O)[C@@H]1CC(Oc2nc3ccccc3c(OCC3CCN(CC)CC3)c2CCCCCC2CC2)CN1C(=O)[C@@H](NC(=O)O)C(C)(C)C)C(=O)NS(=O)(=O)C1(C)CC1. The first-order valence-electron chi connectivity index (χ1n) is 22.8. The maximum atomic E-state index is 14.6. The molecule has 1 unspecified atom stereocenters. The minimum absolute atomic E-state index is 0.00812. The van der Waals surface area contributed by atoms with Crippen molar-refractivity contribution in [3.8, 4) is 11.6 Å². The summed E-state index contributed by atoms with van der Waals surface area (Å²) in [4.78, 5) is 63.9. The topological polar surface area (TPSA) is 197 Å². The summed E-state index contributed by atoms with van der Waals surface area (Å²) in [5.41, 5.74) is 0.649. The van der Waals surface area contributed by atoms with E-state index in [-0.39, 0.29) is 13.0 Å². The van der Waals surface area contributed by atoms with E-state index in [0.29, 0.717) is 43.2 Å². The molecule has 5 atom stereocenters. The van der Waals surface area contributed by atoms with E-state index in [1.165, 1.54) is 24.2 Å². The number of unbranched alkanes of at least 4 members (excludes halogenated alkanes) is 2. The molecule has 3 aliphatic heterocycles. The fourth-order valence-corrected chi connectivity index (χ4v) is 13.0. The Kier molecular flexibility index (Phi) is 14.3. The Hall–Kier alpha value is -3.71. The quantitative estimate of drug-likeness (QED) is 0.0500. The molecule has 2 aromatic rings. The molecule has 0 radical (unpaired) electrons. The number of ether oxygens (including phenoxy) is 2. The zero-order valence-corrected chi connectivity index (χ0v) is 40.4. The van der Waals surface area contributed by atoms with Crippen LogP contribution in [-0.2, 0) is 30.8 Å². The molecule has 5 fully saturated rings. The Morgan fingerprint density at radius 1 is 1.06 bits per heavy atom. The number of nitrogens with zero attached hydrogens (tertiary/aromatic N) is 3. The third kappa shape index (κ3) is 10.9. The maximum absolute atomic E-state index is 14.6. The number of fused-ring (bicyclic) bond motifs is 1. The van der Waals surface area contributed by atoms with Gasteiger partial charge in [-0.05, 0) is 44.3 Å². The fraction of sp³-hybridized carbons (Fsp3) is 0.674. The van der Waals surface area contributed by atoms with Gasteiger partial charge in [0.1, 0.15) is 0 Å². The van der Waals surface area contributed by atoms with Gasteiger partial charge >= 0.3 is 297 Å². The van der Waals surface area contributed by atoms with E-state index in [2.05, 4.69) is 33.8 Å². The number of carbonyl (C=O) groups is 4. The number of piperidine rings is 1. The van der Waals surface area contributed by atoms with E-state index >= 15 is 0 Å². The summed E-state index contributed by atoms with van der Waals surface area (Å²) in [5.74, 6) is 0.268. The number of rotatable bonds is 20. The summed E-state index contributed by atoms with van der Waals surface area (Å²) >= 11 is -1.09. The molecular formula is C46H66IN6O9S-. The first-order valence-corrected chi connectivity index (χ1v) is 26.6. The van der Waals surface area contributed by atoms with Crippen LogP contribution in [-0.4, -0.2) is 115 Å². The van der Waals surface area contributed by atoms with Crippen LogP contribution in [0.4, 0.5) is 4.79 Å². The molecule has 0 spiro atoms. The molecule has 4 N–H and O–H groups in total. The van der Waals surface area contributed by atoms with Crippen LogP contribution >= 0.6 is 0 Å². The number of halogens is 1. The fourth-order valence-electron chi connectivity index (χ4n) is 8.86. The van der Waals surface area contributed by atoms with E-state index in [4.69, 9.17) is 14.5 Å². The average molecular weight is 1010 g/mol. The predicted octanol–water partition coefficient (Wildman–Crippen LogP) is 2.36. The van der Waals surface area contributed by atoms with Gasteiger partial charge in [0.25, 0.3) is 0 Å². The van der Waals surface area contributed by atoms with Crippen molar-refractivity contribution in [2.75, 3.05) is 32.8 Å². The van der Waals surface area contributed by atoms with E-state index in [1.807, 2.05) is 24.3 Å². The van der Waals surface area contributed by atoms with Crippen molar-refractivity contribution in [1.29, 1.82) is 0 Å². The molecule has 2 saturated carbocycles. The van der Waals surface area contributed by atoms with Crippen LogP contribution in [0.15, 0.2) is 36.9 Å². The van der Waals surface area contributed by atoms with E-state index in [9.17, 15) is 32.7 Å². The monoisotopic (exact) mass is 1010 g/mol. The van der Waals surface area contributed by atoms with Crippen LogP contribution in [0.2, 0.25) is 0 Å².